The second kappa shape index (κ2) is 3.70. The summed E-state index contributed by atoms with van der Waals surface area (Å²) in [5, 5.41) is 9.55. The molecule has 0 aliphatic carbocycles. The van der Waals surface area contributed by atoms with Gasteiger partial charge in [-0.25, -0.2) is 0 Å². The third-order valence-electron chi connectivity index (χ3n) is 2.22. The van der Waals surface area contributed by atoms with Gasteiger partial charge in [-0.05, 0) is 6.07 Å². The fourth-order valence-electron chi connectivity index (χ4n) is 1.42. The maximum Gasteiger partial charge on any atom is 0.320 e. The molecule has 78 valence electrons. The smallest absolute Gasteiger partial charge is 0.320 e. The minimum absolute atomic E-state index is 0.256. The van der Waals surface area contributed by atoms with Crippen LogP contribution in [0.2, 0.25) is 0 Å². The molecule has 0 fully saturated rings. The van der Waals surface area contributed by atoms with Crippen LogP contribution in [-0.2, 0) is 11.2 Å². The Hall–Kier alpha value is -1.88. The van der Waals surface area contributed by atoms with Crippen LogP contribution in [0, 0.1) is 0 Å². The van der Waals surface area contributed by atoms with Crippen molar-refractivity contribution in [3.63, 3.8) is 0 Å². The molecule has 2 aromatic rings. The SMILES string of the molecule is NC(Cc1coc2cnccc12)C(=O)O. The summed E-state index contributed by atoms with van der Waals surface area (Å²) in [7, 11) is 0. The second-order valence-electron chi connectivity index (χ2n) is 3.28. The lowest BCUT2D eigenvalue weighted by atomic mass is 10.1. The van der Waals surface area contributed by atoms with Gasteiger partial charge < -0.3 is 15.3 Å². The van der Waals surface area contributed by atoms with Gasteiger partial charge in [-0.3, -0.25) is 9.78 Å². The molecule has 0 aliphatic rings. The zero-order valence-electron chi connectivity index (χ0n) is 7.88. The van der Waals surface area contributed by atoms with Crippen molar-refractivity contribution in [2.45, 2.75) is 12.5 Å². The lowest BCUT2D eigenvalue weighted by Crippen LogP contribution is -2.32. The predicted octanol–water partition coefficient (Wildman–Crippen LogP) is 0.782. The van der Waals surface area contributed by atoms with Crippen LogP contribution in [0.5, 0.6) is 0 Å². The predicted molar refractivity (Wildman–Crippen MR) is 53.3 cm³/mol. The lowest BCUT2D eigenvalue weighted by molar-refractivity contribution is -0.138. The Labute approximate surface area is 85.5 Å². The maximum absolute atomic E-state index is 10.6. The first-order valence-corrected chi connectivity index (χ1v) is 4.47. The van der Waals surface area contributed by atoms with Gasteiger partial charge in [-0.2, -0.15) is 0 Å². The molecule has 0 spiro atoms. The summed E-state index contributed by atoms with van der Waals surface area (Å²) < 4.78 is 5.22. The number of rotatable bonds is 3. The Morgan fingerprint density at radius 3 is 3.20 bits per heavy atom. The quantitative estimate of drug-likeness (QED) is 0.774. The van der Waals surface area contributed by atoms with Crippen molar-refractivity contribution in [1.82, 2.24) is 4.98 Å². The first kappa shape index (κ1) is 9.67. The largest absolute Gasteiger partial charge is 0.480 e. The van der Waals surface area contributed by atoms with E-state index in [0.29, 0.717) is 5.58 Å². The molecule has 5 nitrogen and oxygen atoms in total. The summed E-state index contributed by atoms with van der Waals surface area (Å²) in [4.78, 5) is 14.5. The molecule has 0 aliphatic heterocycles. The minimum Gasteiger partial charge on any atom is -0.480 e. The molecule has 0 saturated heterocycles. The van der Waals surface area contributed by atoms with Gasteiger partial charge in [0.15, 0.2) is 5.58 Å². The fraction of sp³-hybridized carbons (Fsp3) is 0.200. The van der Waals surface area contributed by atoms with E-state index >= 15 is 0 Å². The number of carboxylic acids is 1. The van der Waals surface area contributed by atoms with Crippen LogP contribution in [0.3, 0.4) is 0 Å². The van der Waals surface area contributed by atoms with Crippen molar-refractivity contribution in [2.24, 2.45) is 5.73 Å². The molecular formula is C10H10N2O3. The normalized spacial score (nSPS) is 12.9. The number of nitrogens with two attached hydrogens (primary N) is 1. The van der Waals surface area contributed by atoms with E-state index < -0.39 is 12.0 Å². The highest BCUT2D eigenvalue weighted by Gasteiger charge is 2.15. The molecule has 1 unspecified atom stereocenters. The van der Waals surface area contributed by atoms with E-state index in [9.17, 15) is 4.79 Å². The summed E-state index contributed by atoms with van der Waals surface area (Å²) in [5.74, 6) is -1.02. The third kappa shape index (κ3) is 1.82. The van der Waals surface area contributed by atoms with Gasteiger partial charge in [0.05, 0.1) is 12.5 Å². The number of carbonyl (C=O) groups is 1. The van der Waals surface area contributed by atoms with Crippen LogP contribution in [-0.4, -0.2) is 22.1 Å². The summed E-state index contributed by atoms with van der Waals surface area (Å²) in [6, 6.07) is 0.877. The first-order chi connectivity index (χ1) is 7.18. The van der Waals surface area contributed by atoms with Gasteiger partial charge in [0.2, 0.25) is 0 Å². The maximum atomic E-state index is 10.6. The molecule has 5 heteroatoms. The monoisotopic (exact) mass is 206 g/mol. The van der Waals surface area contributed by atoms with Gasteiger partial charge in [-0.1, -0.05) is 0 Å². The molecule has 2 rings (SSSR count). The van der Waals surface area contributed by atoms with Gasteiger partial charge >= 0.3 is 5.97 Å². The molecule has 1 atom stereocenters. The molecule has 0 aromatic carbocycles. The van der Waals surface area contributed by atoms with Crippen molar-refractivity contribution in [3.05, 3.63) is 30.3 Å². The zero-order chi connectivity index (χ0) is 10.8. The number of hydrogen-bond acceptors (Lipinski definition) is 4. The molecule has 0 saturated carbocycles. The number of fused-ring (bicyclic) bond motifs is 1. The van der Waals surface area contributed by atoms with E-state index in [1.165, 1.54) is 6.26 Å². The summed E-state index contributed by atoms with van der Waals surface area (Å²) in [5.41, 5.74) is 6.88. The number of aliphatic carboxylic acids is 1. The first-order valence-electron chi connectivity index (χ1n) is 4.47. The highest BCUT2D eigenvalue weighted by Crippen LogP contribution is 2.20. The van der Waals surface area contributed by atoms with E-state index in [1.807, 2.05) is 0 Å². The van der Waals surface area contributed by atoms with Crippen LogP contribution in [0.1, 0.15) is 5.56 Å². The van der Waals surface area contributed by atoms with E-state index in [1.54, 1.807) is 18.5 Å². The van der Waals surface area contributed by atoms with Crippen LogP contribution in [0.25, 0.3) is 11.0 Å². The molecule has 2 aromatic heterocycles. The highest BCUT2D eigenvalue weighted by molar-refractivity contribution is 5.81. The summed E-state index contributed by atoms with van der Waals surface area (Å²) in [6.07, 6.45) is 5.00. The number of hydrogen-bond donors (Lipinski definition) is 2. The molecular weight excluding hydrogens is 196 g/mol. The van der Waals surface area contributed by atoms with Crippen LogP contribution >= 0.6 is 0 Å². The van der Waals surface area contributed by atoms with E-state index in [0.717, 1.165) is 10.9 Å². The highest BCUT2D eigenvalue weighted by atomic mass is 16.4. The van der Waals surface area contributed by atoms with Crippen molar-refractivity contribution >= 4 is 16.9 Å². The van der Waals surface area contributed by atoms with E-state index in [-0.39, 0.29) is 6.42 Å². The van der Waals surface area contributed by atoms with Crippen molar-refractivity contribution in [1.29, 1.82) is 0 Å². The summed E-state index contributed by atoms with van der Waals surface area (Å²) >= 11 is 0. The van der Waals surface area contributed by atoms with Gasteiger partial charge in [0.25, 0.3) is 0 Å². The lowest BCUT2D eigenvalue weighted by Gasteiger charge is -2.03. The Morgan fingerprint density at radius 1 is 1.67 bits per heavy atom. The van der Waals surface area contributed by atoms with Crippen molar-refractivity contribution in [2.75, 3.05) is 0 Å². The zero-order valence-corrected chi connectivity index (χ0v) is 7.88. The number of furan rings is 1. The molecule has 0 amide bonds. The molecule has 2 heterocycles. The Bertz CT molecular complexity index is 492. The molecule has 0 radical (unpaired) electrons. The molecule has 15 heavy (non-hydrogen) atoms. The van der Waals surface area contributed by atoms with Crippen LogP contribution in [0.15, 0.2) is 29.1 Å². The number of aromatic nitrogens is 1. The average molecular weight is 206 g/mol. The van der Waals surface area contributed by atoms with Gasteiger partial charge in [0.1, 0.15) is 6.04 Å². The number of pyridine rings is 1. The fourth-order valence-corrected chi connectivity index (χ4v) is 1.42. The van der Waals surface area contributed by atoms with Gasteiger partial charge in [0, 0.05) is 23.6 Å². The Kier molecular flexibility index (Phi) is 2.39. The van der Waals surface area contributed by atoms with E-state index in [4.69, 9.17) is 15.3 Å². The number of nitrogens with zero attached hydrogens (tertiary/aromatic N) is 1. The van der Waals surface area contributed by atoms with Crippen LogP contribution < -0.4 is 5.73 Å². The summed E-state index contributed by atoms with van der Waals surface area (Å²) in [6.45, 7) is 0. The molecule has 0 bridgehead atoms. The standard InChI is InChI=1S/C10H10N2O3/c11-8(10(13)14)3-6-5-15-9-4-12-2-1-7(6)9/h1-2,4-5,8H,3,11H2,(H,13,14). The Balaban J connectivity index is 2.32. The average Bonchev–Trinajstić information content (AvgIpc) is 2.62. The molecule has 3 N–H and O–H groups in total. The van der Waals surface area contributed by atoms with Crippen molar-refractivity contribution in [3.8, 4) is 0 Å². The topological polar surface area (TPSA) is 89.4 Å². The van der Waals surface area contributed by atoms with Gasteiger partial charge in [-0.15, -0.1) is 0 Å². The van der Waals surface area contributed by atoms with E-state index in [2.05, 4.69) is 4.98 Å². The van der Waals surface area contributed by atoms with Crippen LogP contribution in [0.4, 0.5) is 0 Å². The number of carboxylic acid groups (broad SMARTS) is 1. The second-order valence-corrected chi connectivity index (χ2v) is 3.28. The Morgan fingerprint density at radius 2 is 2.47 bits per heavy atom. The van der Waals surface area contributed by atoms with Crippen molar-refractivity contribution < 1.29 is 14.3 Å². The minimum atomic E-state index is -1.02. The third-order valence-corrected chi connectivity index (χ3v) is 2.22.